The Bertz CT molecular complexity index is 180. The van der Waals surface area contributed by atoms with Crippen molar-refractivity contribution in [2.45, 2.75) is 65.5 Å². The highest BCUT2D eigenvalue weighted by atomic mass is 15.2. The van der Waals surface area contributed by atoms with Crippen molar-refractivity contribution in [2.75, 3.05) is 19.6 Å². The first-order valence-corrected chi connectivity index (χ1v) is 7.17. The molecular formula is C14H30N2. The maximum Gasteiger partial charge on any atom is 0.0138 e. The van der Waals surface area contributed by atoms with Crippen LogP contribution in [-0.4, -0.2) is 36.6 Å². The van der Waals surface area contributed by atoms with E-state index in [1.54, 1.807) is 0 Å². The third-order valence-corrected chi connectivity index (χ3v) is 3.78. The van der Waals surface area contributed by atoms with Crippen molar-refractivity contribution in [2.24, 2.45) is 5.92 Å². The lowest BCUT2D eigenvalue weighted by Crippen LogP contribution is -2.53. The first kappa shape index (κ1) is 14.0. The zero-order valence-electron chi connectivity index (χ0n) is 11.6. The molecule has 2 nitrogen and oxygen atoms in total. The molecule has 0 aromatic heterocycles. The Morgan fingerprint density at radius 1 is 1.19 bits per heavy atom. The fraction of sp³-hybridized carbons (Fsp3) is 1.00. The number of nitrogens with zero attached hydrogens (tertiary/aromatic N) is 1. The van der Waals surface area contributed by atoms with E-state index in [-0.39, 0.29) is 0 Å². The molecule has 0 spiro atoms. The van der Waals surface area contributed by atoms with Crippen LogP contribution in [0, 0.1) is 5.92 Å². The van der Waals surface area contributed by atoms with Gasteiger partial charge < -0.3 is 5.32 Å². The van der Waals surface area contributed by atoms with Crippen LogP contribution in [0.2, 0.25) is 0 Å². The lowest BCUT2D eigenvalue weighted by Gasteiger charge is -2.46. The molecule has 2 atom stereocenters. The van der Waals surface area contributed by atoms with Gasteiger partial charge in [0.05, 0.1) is 0 Å². The van der Waals surface area contributed by atoms with Gasteiger partial charge in [0.2, 0.25) is 0 Å². The molecule has 1 fully saturated rings. The van der Waals surface area contributed by atoms with Gasteiger partial charge >= 0.3 is 0 Å². The maximum absolute atomic E-state index is 3.58. The second kappa shape index (κ2) is 7.29. The van der Waals surface area contributed by atoms with Crippen molar-refractivity contribution in [1.82, 2.24) is 10.2 Å². The smallest absolute Gasteiger partial charge is 0.0138 e. The van der Waals surface area contributed by atoms with Crippen molar-refractivity contribution in [1.29, 1.82) is 0 Å². The van der Waals surface area contributed by atoms with Crippen LogP contribution in [0.4, 0.5) is 0 Å². The van der Waals surface area contributed by atoms with Crippen molar-refractivity contribution in [3.8, 4) is 0 Å². The maximum atomic E-state index is 3.58. The highest BCUT2D eigenvalue weighted by molar-refractivity contribution is 4.91. The Labute approximate surface area is 102 Å². The van der Waals surface area contributed by atoms with E-state index in [9.17, 15) is 0 Å². The van der Waals surface area contributed by atoms with Crippen molar-refractivity contribution in [3.05, 3.63) is 0 Å². The molecule has 0 bridgehead atoms. The summed E-state index contributed by atoms with van der Waals surface area (Å²) < 4.78 is 0. The molecule has 1 rings (SSSR count). The third-order valence-electron chi connectivity index (χ3n) is 3.78. The fourth-order valence-corrected chi connectivity index (χ4v) is 2.76. The van der Waals surface area contributed by atoms with Crippen molar-refractivity contribution >= 4 is 0 Å². The second-order valence-electron chi connectivity index (χ2n) is 5.44. The molecule has 2 heteroatoms. The Hall–Kier alpha value is -0.0800. The van der Waals surface area contributed by atoms with E-state index < -0.39 is 0 Å². The topological polar surface area (TPSA) is 15.3 Å². The fourth-order valence-electron chi connectivity index (χ4n) is 2.76. The van der Waals surface area contributed by atoms with Gasteiger partial charge in [0.25, 0.3) is 0 Å². The van der Waals surface area contributed by atoms with Crippen LogP contribution < -0.4 is 5.32 Å². The van der Waals surface area contributed by atoms with Crippen LogP contribution in [0.5, 0.6) is 0 Å². The summed E-state index contributed by atoms with van der Waals surface area (Å²) in [6.07, 6.45) is 5.37. The minimum atomic E-state index is 0.707. The van der Waals surface area contributed by atoms with Gasteiger partial charge in [-0.2, -0.15) is 0 Å². The molecule has 0 aromatic carbocycles. The Morgan fingerprint density at radius 3 is 2.38 bits per heavy atom. The Balaban J connectivity index is 2.33. The van der Waals surface area contributed by atoms with Gasteiger partial charge in [0.1, 0.15) is 0 Å². The molecule has 0 radical (unpaired) electrons. The van der Waals surface area contributed by atoms with Crippen LogP contribution >= 0.6 is 0 Å². The summed E-state index contributed by atoms with van der Waals surface area (Å²) in [6, 6.07) is 1.56. The second-order valence-corrected chi connectivity index (χ2v) is 5.44. The summed E-state index contributed by atoms with van der Waals surface area (Å²) in [4.78, 5) is 2.71. The third kappa shape index (κ3) is 3.74. The minimum Gasteiger partial charge on any atom is -0.316 e. The quantitative estimate of drug-likeness (QED) is 0.640. The average molecular weight is 226 g/mol. The SMILES string of the molecule is CCCNCC1CCC1N(CCC)C(C)C. The minimum absolute atomic E-state index is 0.707. The summed E-state index contributed by atoms with van der Waals surface area (Å²) in [5.41, 5.74) is 0. The Morgan fingerprint density at radius 2 is 1.94 bits per heavy atom. The van der Waals surface area contributed by atoms with Gasteiger partial charge in [-0.15, -0.1) is 0 Å². The molecule has 1 aliphatic carbocycles. The van der Waals surface area contributed by atoms with E-state index in [1.165, 1.54) is 45.3 Å². The zero-order valence-corrected chi connectivity index (χ0v) is 11.6. The monoisotopic (exact) mass is 226 g/mol. The van der Waals surface area contributed by atoms with E-state index in [1.807, 2.05) is 0 Å². The molecule has 1 aliphatic rings. The standard InChI is InChI=1S/C14H30N2/c1-5-9-15-11-13-7-8-14(13)16(10-6-2)12(3)4/h12-15H,5-11H2,1-4H3. The predicted molar refractivity (Wildman–Crippen MR) is 71.8 cm³/mol. The van der Waals surface area contributed by atoms with Crippen LogP contribution in [-0.2, 0) is 0 Å². The molecule has 0 aliphatic heterocycles. The summed E-state index contributed by atoms with van der Waals surface area (Å²) in [6.45, 7) is 12.9. The highest BCUT2D eigenvalue weighted by Crippen LogP contribution is 2.32. The largest absolute Gasteiger partial charge is 0.316 e. The summed E-state index contributed by atoms with van der Waals surface area (Å²) >= 11 is 0. The van der Waals surface area contributed by atoms with Crippen LogP contribution in [0.25, 0.3) is 0 Å². The van der Waals surface area contributed by atoms with Crippen LogP contribution in [0.3, 0.4) is 0 Å². The van der Waals surface area contributed by atoms with Gasteiger partial charge in [-0.1, -0.05) is 13.8 Å². The van der Waals surface area contributed by atoms with E-state index >= 15 is 0 Å². The Kier molecular flexibility index (Phi) is 6.37. The first-order chi connectivity index (χ1) is 7.70. The number of hydrogen-bond acceptors (Lipinski definition) is 2. The molecule has 2 unspecified atom stereocenters. The summed E-state index contributed by atoms with van der Waals surface area (Å²) in [7, 11) is 0. The lowest BCUT2D eigenvalue weighted by molar-refractivity contribution is 0.0380. The van der Waals surface area contributed by atoms with Crippen molar-refractivity contribution in [3.63, 3.8) is 0 Å². The van der Waals surface area contributed by atoms with E-state index in [0.29, 0.717) is 6.04 Å². The lowest BCUT2D eigenvalue weighted by atomic mass is 9.77. The molecular weight excluding hydrogens is 196 g/mol. The van der Waals surface area contributed by atoms with E-state index in [2.05, 4.69) is 37.9 Å². The first-order valence-electron chi connectivity index (χ1n) is 7.17. The van der Waals surface area contributed by atoms with Crippen LogP contribution in [0.15, 0.2) is 0 Å². The number of nitrogens with one attached hydrogen (secondary N) is 1. The molecule has 1 saturated carbocycles. The summed E-state index contributed by atoms with van der Waals surface area (Å²) in [5.74, 6) is 0.903. The van der Waals surface area contributed by atoms with Crippen LogP contribution in [0.1, 0.15) is 53.4 Å². The highest BCUT2D eigenvalue weighted by Gasteiger charge is 2.35. The number of rotatable bonds is 8. The molecule has 0 saturated heterocycles. The average Bonchev–Trinajstić information content (AvgIpc) is 2.22. The van der Waals surface area contributed by atoms with Gasteiger partial charge in [0, 0.05) is 12.1 Å². The number of hydrogen-bond donors (Lipinski definition) is 1. The molecule has 1 N–H and O–H groups in total. The molecule has 16 heavy (non-hydrogen) atoms. The zero-order chi connectivity index (χ0) is 12.0. The van der Waals surface area contributed by atoms with Crippen molar-refractivity contribution < 1.29 is 0 Å². The van der Waals surface area contributed by atoms with Gasteiger partial charge in [-0.25, -0.2) is 0 Å². The predicted octanol–water partition coefficient (Wildman–Crippen LogP) is 2.89. The van der Waals surface area contributed by atoms with E-state index in [0.717, 1.165) is 12.0 Å². The molecule has 0 aromatic rings. The molecule has 0 heterocycles. The van der Waals surface area contributed by atoms with Gasteiger partial charge in [-0.3, -0.25) is 4.90 Å². The summed E-state index contributed by atoms with van der Waals surface area (Å²) in [5, 5.41) is 3.58. The molecule has 96 valence electrons. The molecule has 0 amide bonds. The van der Waals surface area contributed by atoms with E-state index in [4.69, 9.17) is 0 Å². The van der Waals surface area contributed by atoms with Gasteiger partial charge in [0.15, 0.2) is 0 Å². The van der Waals surface area contributed by atoms with Gasteiger partial charge in [-0.05, 0) is 65.1 Å². The normalized spacial score (nSPS) is 25.1.